The van der Waals surface area contributed by atoms with E-state index in [9.17, 15) is 4.79 Å². The first-order valence-electron chi connectivity index (χ1n) is 12.4. The maximum absolute atomic E-state index is 12.8. The van der Waals surface area contributed by atoms with Gasteiger partial charge in [-0.05, 0) is 67.1 Å². The van der Waals surface area contributed by atoms with E-state index in [1.165, 1.54) is 18.2 Å². The lowest BCUT2D eigenvalue weighted by atomic mass is 9.96. The van der Waals surface area contributed by atoms with Gasteiger partial charge < -0.3 is 9.47 Å². The van der Waals surface area contributed by atoms with Crippen LogP contribution in [0.4, 0.5) is 0 Å². The van der Waals surface area contributed by atoms with Gasteiger partial charge >= 0.3 is 5.97 Å². The van der Waals surface area contributed by atoms with Crippen molar-refractivity contribution in [2.24, 2.45) is 0 Å². The molecule has 0 radical (unpaired) electrons. The zero-order chi connectivity index (χ0) is 25.2. The van der Waals surface area contributed by atoms with E-state index in [1.807, 2.05) is 79.7 Å². The van der Waals surface area contributed by atoms with Crippen LogP contribution in [0.2, 0.25) is 0 Å². The Kier molecular flexibility index (Phi) is 8.90. The van der Waals surface area contributed by atoms with E-state index in [-0.39, 0.29) is 12.0 Å². The van der Waals surface area contributed by atoms with Crippen LogP contribution < -0.4 is 10.1 Å². The van der Waals surface area contributed by atoms with Crippen molar-refractivity contribution in [1.82, 2.24) is 5.32 Å². The minimum Gasteiger partial charge on any atom is -0.468 e. The summed E-state index contributed by atoms with van der Waals surface area (Å²) >= 11 is 0. The van der Waals surface area contributed by atoms with Crippen LogP contribution in [-0.4, -0.2) is 19.1 Å². The third kappa shape index (κ3) is 7.30. The number of benzene rings is 4. The van der Waals surface area contributed by atoms with Gasteiger partial charge in [-0.25, -0.2) is 0 Å². The van der Waals surface area contributed by atoms with E-state index in [0.717, 1.165) is 35.5 Å². The van der Waals surface area contributed by atoms with Gasteiger partial charge in [0.25, 0.3) is 0 Å². The first-order chi connectivity index (χ1) is 17.6. The zero-order valence-corrected chi connectivity index (χ0v) is 20.9. The second kappa shape index (κ2) is 12.7. The Morgan fingerprint density at radius 1 is 0.778 bits per heavy atom. The molecule has 0 amide bonds. The van der Waals surface area contributed by atoms with Crippen LogP contribution >= 0.6 is 0 Å². The van der Waals surface area contributed by atoms with Crippen molar-refractivity contribution in [3.63, 3.8) is 0 Å². The maximum atomic E-state index is 12.8. The van der Waals surface area contributed by atoms with Gasteiger partial charge in [0.15, 0.2) is 0 Å². The summed E-state index contributed by atoms with van der Waals surface area (Å²) in [6.07, 6.45) is 2.26. The fraction of sp³-hybridized carbons (Fsp3) is 0.219. The molecule has 0 fully saturated rings. The number of esters is 1. The third-order valence-corrected chi connectivity index (χ3v) is 6.25. The van der Waals surface area contributed by atoms with Crippen molar-refractivity contribution >= 4 is 5.97 Å². The molecule has 4 rings (SSSR count). The number of aryl methyl sites for hydroxylation is 2. The van der Waals surface area contributed by atoms with Crippen molar-refractivity contribution in [3.05, 3.63) is 131 Å². The van der Waals surface area contributed by atoms with Gasteiger partial charge in [0.2, 0.25) is 0 Å². The number of hydrogen-bond acceptors (Lipinski definition) is 4. The lowest BCUT2D eigenvalue weighted by Gasteiger charge is -2.25. The molecule has 0 saturated carbocycles. The molecule has 4 aromatic rings. The van der Waals surface area contributed by atoms with Gasteiger partial charge in [-0.15, -0.1) is 0 Å². The number of hydrogen-bond donors (Lipinski definition) is 1. The molecule has 0 aliphatic carbocycles. The number of carbonyl (C=O) groups is 1. The van der Waals surface area contributed by atoms with Crippen molar-refractivity contribution < 1.29 is 14.3 Å². The van der Waals surface area contributed by atoms with Gasteiger partial charge in [0, 0.05) is 6.04 Å². The van der Waals surface area contributed by atoms with Gasteiger partial charge in [-0.3, -0.25) is 10.1 Å². The fourth-order valence-corrected chi connectivity index (χ4v) is 4.30. The second-order valence-corrected chi connectivity index (χ2v) is 9.00. The molecule has 184 valence electrons. The van der Waals surface area contributed by atoms with Crippen LogP contribution in [-0.2, 0) is 22.4 Å². The van der Waals surface area contributed by atoms with E-state index in [0.29, 0.717) is 6.42 Å². The molecular formula is C32H33NO3. The predicted octanol–water partition coefficient (Wildman–Crippen LogP) is 6.84. The summed E-state index contributed by atoms with van der Waals surface area (Å²) in [4.78, 5) is 12.8. The van der Waals surface area contributed by atoms with Gasteiger partial charge in [0.05, 0.1) is 7.11 Å². The van der Waals surface area contributed by atoms with Crippen LogP contribution in [0.25, 0.3) is 0 Å². The molecule has 0 spiro atoms. The van der Waals surface area contributed by atoms with Gasteiger partial charge in [-0.1, -0.05) is 90.5 Å². The predicted molar refractivity (Wildman–Crippen MR) is 144 cm³/mol. The summed E-state index contributed by atoms with van der Waals surface area (Å²) in [6, 6.07) is 36.1. The van der Waals surface area contributed by atoms with Crippen LogP contribution in [0, 0.1) is 6.92 Å². The summed E-state index contributed by atoms with van der Waals surface area (Å²) in [5.74, 6) is 1.25. The summed E-state index contributed by atoms with van der Waals surface area (Å²) in [5, 5.41) is 3.60. The van der Waals surface area contributed by atoms with Crippen LogP contribution in [0.1, 0.15) is 34.7 Å². The zero-order valence-electron chi connectivity index (χ0n) is 20.9. The Morgan fingerprint density at radius 2 is 1.44 bits per heavy atom. The Hall–Kier alpha value is -3.89. The average molecular weight is 480 g/mol. The molecule has 0 bridgehead atoms. The largest absolute Gasteiger partial charge is 0.468 e. The molecule has 2 atom stereocenters. The number of methoxy groups -OCH3 is 1. The summed E-state index contributed by atoms with van der Waals surface area (Å²) < 4.78 is 11.2. The average Bonchev–Trinajstić information content (AvgIpc) is 2.92. The highest BCUT2D eigenvalue weighted by atomic mass is 16.5. The Bertz CT molecular complexity index is 1220. The molecule has 4 nitrogen and oxygen atoms in total. The fourth-order valence-electron chi connectivity index (χ4n) is 4.30. The van der Waals surface area contributed by atoms with Crippen LogP contribution in [0.15, 0.2) is 109 Å². The van der Waals surface area contributed by atoms with Gasteiger partial charge in [-0.2, -0.15) is 0 Å². The van der Waals surface area contributed by atoms with Crippen molar-refractivity contribution in [1.29, 1.82) is 0 Å². The number of nitrogens with one attached hydrogen (secondary N) is 1. The highest BCUT2D eigenvalue weighted by molar-refractivity contribution is 5.76. The van der Waals surface area contributed by atoms with Crippen LogP contribution in [0.5, 0.6) is 11.5 Å². The molecule has 0 aliphatic rings. The molecule has 0 aromatic heterocycles. The molecule has 0 heterocycles. The lowest BCUT2D eigenvalue weighted by molar-refractivity contribution is -0.143. The second-order valence-electron chi connectivity index (χ2n) is 9.00. The highest BCUT2D eigenvalue weighted by Gasteiger charge is 2.24. The molecule has 36 heavy (non-hydrogen) atoms. The summed E-state index contributed by atoms with van der Waals surface area (Å²) in [6.45, 7) is 2.05. The normalized spacial score (nSPS) is 12.5. The van der Waals surface area contributed by atoms with Crippen LogP contribution in [0.3, 0.4) is 0 Å². The standard InChI is InChI=1S/C32H33NO3/c1-24-16-19-28(20-17-24)36-29-15-9-12-26(22-29)23-31(32(34)35-2)33-30(27-13-7-4-8-14-27)21-18-25-10-5-3-6-11-25/h3-17,19-20,22,30-31,33H,18,21,23H2,1-2H3/t30-,31+/m0/s1. The minimum atomic E-state index is -0.495. The van der Waals surface area contributed by atoms with E-state index in [1.54, 1.807) is 0 Å². The highest BCUT2D eigenvalue weighted by Crippen LogP contribution is 2.25. The smallest absolute Gasteiger partial charge is 0.323 e. The Balaban J connectivity index is 1.51. The maximum Gasteiger partial charge on any atom is 0.323 e. The molecule has 0 unspecified atom stereocenters. The first-order valence-corrected chi connectivity index (χ1v) is 12.4. The van der Waals surface area contributed by atoms with E-state index < -0.39 is 6.04 Å². The quantitative estimate of drug-likeness (QED) is 0.239. The topological polar surface area (TPSA) is 47.6 Å². The molecular weight excluding hydrogens is 446 g/mol. The van der Waals surface area contributed by atoms with Crippen molar-refractivity contribution in [2.45, 2.75) is 38.3 Å². The van der Waals surface area contributed by atoms with Crippen molar-refractivity contribution in [2.75, 3.05) is 7.11 Å². The monoisotopic (exact) mass is 479 g/mol. The van der Waals surface area contributed by atoms with Gasteiger partial charge in [0.1, 0.15) is 17.5 Å². The number of rotatable bonds is 11. The Morgan fingerprint density at radius 3 is 2.14 bits per heavy atom. The molecule has 1 N–H and O–H groups in total. The van der Waals surface area contributed by atoms with E-state index in [4.69, 9.17) is 9.47 Å². The van der Waals surface area contributed by atoms with E-state index >= 15 is 0 Å². The SMILES string of the molecule is COC(=O)[C@@H](Cc1cccc(Oc2ccc(C)cc2)c1)N[C@@H](CCc1ccccc1)c1ccccc1. The minimum absolute atomic E-state index is 0.00231. The molecule has 4 heteroatoms. The summed E-state index contributed by atoms with van der Waals surface area (Å²) in [7, 11) is 1.44. The van der Waals surface area contributed by atoms with E-state index in [2.05, 4.69) is 41.7 Å². The molecule has 4 aromatic carbocycles. The number of carbonyl (C=O) groups excluding carboxylic acids is 1. The lowest BCUT2D eigenvalue weighted by Crippen LogP contribution is -2.41. The first kappa shape index (κ1) is 25.2. The molecule has 0 saturated heterocycles. The number of ether oxygens (including phenoxy) is 2. The van der Waals surface area contributed by atoms with Crippen molar-refractivity contribution in [3.8, 4) is 11.5 Å². The summed E-state index contributed by atoms with van der Waals surface area (Å²) in [5.41, 5.74) is 4.61. The third-order valence-electron chi connectivity index (χ3n) is 6.25. The Labute approximate surface area is 213 Å². The molecule has 0 aliphatic heterocycles.